The van der Waals surface area contributed by atoms with Gasteiger partial charge in [0.15, 0.2) is 5.11 Å². The number of nitrogens with zero attached hydrogens (tertiary/aromatic N) is 1. The second-order valence-corrected chi connectivity index (χ2v) is 11.8. The monoisotopic (exact) mass is 477 g/mol. The number of rotatable bonds is 4. The zero-order valence-corrected chi connectivity index (χ0v) is 20.0. The molecule has 3 aromatic rings. The maximum atomic E-state index is 12.9. The normalized spacial score (nSPS) is 27.6. The summed E-state index contributed by atoms with van der Waals surface area (Å²) in [5.41, 5.74) is 2.45. The van der Waals surface area contributed by atoms with Crippen LogP contribution in [0, 0.1) is 23.2 Å². The van der Waals surface area contributed by atoms with E-state index in [1.54, 1.807) is 12.1 Å². The van der Waals surface area contributed by atoms with Crippen molar-refractivity contribution in [2.45, 2.75) is 44.9 Å². The maximum Gasteiger partial charge on any atom is 0.226 e. The molecule has 4 aliphatic rings. The lowest BCUT2D eigenvalue weighted by Gasteiger charge is -2.56. The van der Waals surface area contributed by atoms with E-state index in [1.807, 2.05) is 30.3 Å². The van der Waals surface area contributed by atoms with E-state index >= 15 is 0 Å². The molecule has 1 heterocycles. The number of para-hydroxylation sites is 1. The predicted molar refractivity (Wildman–Crippen MR) is 136 cm³/mol. The van der Waals surface area contributed by atoms with Gasteiger partial charge in [-0.15, -0.1) is 11.3 Å². The first-order valence-electron chi connectivity index (χ1n) is 11.7. The molecule has 0 unspecified atom stereocenters. The molecule has 0 aliphatic heterocycles. The van der Waals surface area contributed by atoms with Crippen molar-refractivity contribution < 1.29 is 9.90 Å². The van der Waals surface area contributed by atoms with Crippen LogP contribution in [0.4, 0.5) is 5.69 Å². The van der Waals surface area contributed by atoms with Crippen molar-refractivity contribution in [3.8, 4) is 16.3 Å². The molecule has 2 aromatic carbocycles. The Hall–Kier alpha value is -2.51. The van der Waals surface area contributed by atoms with Crippen LogP contribution in [-0.4, -0.2) is 21.1 Å². The number of aromatic nitrogens is 1. The van der Waals surface area contributed by atoms with Gasteiger partial charge in [0.25, 0.3) is 0 Å². The third kappa shape index (κ3) is 4.13. The number of phenolic OH excluding ortho intramolecular Hbond substituents is 1. The van der Waals surface area contributed by atoms with Gasteiger partial charge in [0.2, 0.25) is 5.91 Å². The average Bonchev–Trinajstić information content (AvgIpc) is 3.17. The van der Waals surface area contributed by atoms with Crippen LogP contribution in [0.25, 0.3) is 20.8 Å². The number of nitrogens with one attached hydrogen (secondary N) is 2. The van der Waals surface area contributed by atoms with E-state index in [1.165, 1.54) is 49.9 Å². The summed E-state index contributed by atoms with van der Waals surface area (Å²) < 4.78 is 1.07. The number of anilines is 1. The molecule has 4 saturated carbocycles. The minimum Gasteiger partial charge on any atom is -0.507 e. The highest BCUT2D eigenvalue weighted by molar-refractivity contribution is 7.80. The van der Waals surface area contributed by atoms with E-state index in [4.69, 9.17) is 12.2 Å². The van der Waals surface area contributed by atoms with Gasteiger partial charge in [-0.2, -0.15) is 0 Å². The largest absolute Gasteiger partial charge is 0.507 e. The Labute approximate surface area is 202 Å². The molecule has 4 bridgehead atoms. The molecular formula is C26H27N3O2S2. The van der Waals surface area contributed by atoms with Crippen LogP contribution in [0.2, 0.25) is 0 Å². The van der Waals surface area contributed by atoms with Gasteiger partial charge >= 0.3 is 0 Å². The van der Waals surface area contributed by atoms with E-state index in [9.17, 15) is 9.90 Å². The number of carbonyl (C=O) groups is 1. The summed E-state index contributed by atoms with van der Waals surface area (Å²) in [5, 5.41) is 17.5. The summed E-state index contributed by atoms with van der Waals surface area (Å²) in [6, 6.07) is 13.1. The van der Waals surface area contributed by atoms with E-state index in [0.29, 0.717) is 22.8 Å². The van der Waals surface area contributed by atoms with Gasteiger partial charge < -0.3 is 15.7 Å². The van der Waals surface area contributed by atoms with Gasteiger partial charge in [-0.25, -0.2) is 4.98 Å². The molecule has 5 nitrogen and oxygen atoms in total. The van der Waals surface area contributed by atoms with Crippen molar-refractivity contribution in [2.24, 2.45) is 23.2 Å². The van der Waals surface area contributed by atoms with Gasteiger partial charge in [0.05, 0.1) is 15.8 Å². The molecule has 170 valence electrons. The number of fused-ring (bicyclic) bond motifs is 1. The summed E-state index contributed by atoms with van der Waals surface area (Å²) in [5.74, 6) is 2.65. The van der Waals surface area contributed by atoms with Crippen molar-refractivity contribution in [1.82, 2.24) is 10.3 Å². The van der Waals surface area contributed by atoms with Gasteiger partial charge in [-0.05, 0) is 104 Å². The predicted octanol–water partition coefficient (Wildman–Crippen LogP) is 6.09. The Balaban J connectivity index is 1.13. The maximum absolute atomic E-state index is 12.9. The number of thiocarbonyl (C=S) groups is 1. The molecule has 7 heteroatoms. The van der Waals surface area contributed by atoms with Crippen LogP contribution in [0.3, 0.4) is 0 Å². The molecule has 0 saturated heterocycles. The highest BCUT2D eigenvalue weighted by Gasteiger charge is 2.51. The molecule has 4 fully saturated rings. The number of benzene rings is 2. The molecule has 0 atom stereocenters. The van der Waals surface area contributed by atoms with E-state index in [-0.39, 0.29) is 17.1 Å². The zero-order chi connectivity index (χ0) is 22.6. The molecule has 3 N–H and O–H groups in total. The quantitative estimate of drug-likeness (QED) is 0.313. The first kappa shape index (κ1) is 21.1. The van der Waals surface area contributed by atoms with Crippen LogP contribution in [0.1, 0.15) is 44.9 Å². The minimum absolute atomic E-state index is 0.0135. The topological polar surface area (TPSA) is 74.2 Å². The second kappa shape index (κ2) is 8.06. The number of phenols is 1. The van der Waals surface area contributed by atoms with E-state index in [0.717, 1.165) is 33.0 Å². The van der Waals surface area contributed by atoms with Crippen molar-refractivity contribution in [3.05, 3.63) is 42.5 Å². The lowest BCUT2D eigenvalue weighted by Crippen LogP contribution is -2.48. The molecule has 33 heavy (non-hydrogen) atoms. The Morgan fingerprint density at radius 2 is 1.79 bits per heavy atom. The SMILES string of the molecule is O=C(CC12CC3CC(CC(C3)C1)C2)NC(=S)Nc1ccc(O)c(-c2nc3ccccc3s2)c1. The van der Waals surface area contributed by atoms with E-state index < -0.39 is 0 Å². The van der Waals surface area contributed by atoms with Crippen molar-refractivity contribution in [2.75, 3.05) is 5.32 Å². The molecule has 4 aliphatic carbocycles. The summed E-state index contributed by atoms with van der Waals surface area (Å²) in [6.45, 7) is 0. The number of carbonyl (C=O) groups excluding carboxylic acids is 1. The number of hydrogen-bond acceptors (Lipinski definition) is 5. The van der Waals surface area contributed by atoms with Crippen LogP contribution in [0.5, 0.6) is 5.75 Å². The van der Waals surface area contributed by atoms with Crippen molar-refractivity contribution in [3.63, 3.8) is 0 Å². The second-order valence-electron chi connectivity index (χ2n) is 10.3. The molecular weight excluding hydrogens is 450 g/mol. The molecule has 1 aromatic heterocycles. The number of aromatic hydroxyl groups is 1. The highest BCUT2D eigenvalue weighted by Crippen LogP contribution is 2.61. The smallest absolute Gasteiger partial charge is 0.226 e. The number of amides is 1. The first-order valence-corrected chi connectivity index (χ1v) is 13.0. The van der Waals surface area contributed by atoms with Gasteiger partial charge in [-0.3, -0.25) is 4.79 Å². The van der Waals surface area contributed by atoms with Crippen molar-refractivity contribution in [1.29, 1.82) is 0 Å². The molecule has 1 amide bonds. The molecule has 0 radical (unpaired) electrons. The standard InChI is InChI=1S/C26H27N3O2S2/c30-21-6-5-18(10-19(21)24-28-20-3-1-2-4-22(20)33-24)27-25(32)29-23(31)14-26-11-15-7-16(12-26)9-17(8-15)13-26/h1-6,10,15-17,30H,7-9,11-14H2,(H2,27,29,31,32). The van der Waals surface area contributed by atoms with E-state index in [2.05, 4.69) is 15.6 Å². The van der Waals surface area contributed by atoms with Crippen molar-refractivity contribution >= 4 is 50.5 Å². The highest BCUT2D eigenvalue weighted by atomic mass is 32.1. The lowest BCUT2D eigenvalue weighted by molar-refractivity contribution is -0.127. The summed E-state index contributed by atoms with van der Waals surface area (Å²) >= 11 is 6.98. The summed E-state index contributed by atoms with van der Waals surface area (Å²) in [6.07, 6.45) is 8.31. The van der Waals surface area contributed by atoms with Gasteiger partial charge in [0.1, 0.15) is 10.8 Å². The fraction of sp³-hybridized carbons (Fsp3) is 0.423. The number of hydrogen-bond donors (Lipinski definition) is 3. The van der Waals surface area contributed by atoms with Crippen LogP contribution in [-0.2, 0) is 4.79 Å². The zero-order valence-electron chi connectivity index (χ0n) is 18.3. The first-order chi connectivity index (χ1) is 15.9. The third-order valence-corrected chi connectivity index (χ3v) is 9.01. The Bertz CT molecular complexity index is 1180. The van der Waals surface area contributed by atoms with Crippen LogP contribution < -0.4 is 10.6 Å². The Morgan fingerprint density at radius 1 is 1.09 bits per heavy atom. The minimum atomic E-state index is 0.0135. The summed E-state index contributed by atoms with van der Waals surface area (Å²) in [7, 11) is 0. The average molecular weight is 478 g/mol. The fourth-order valence-electron chi connectivity index (χ4n) is 6.95. The molecule has 7 rings (SSSR count). The third-order valence-electron chi connectivity index (χ3n) is 7.73. The Morgan fingerprint density at radius 3 is 2.48 bits per heavy atom. The Kier molecular flexibility index (Phi) is 5.14. The molecule has 0 spiro atoms. The summed E-state index contributed by atoms with van der Waals surface area (Å²) in [4.78, 5) is 17.5. The van der Waals surface area contributed by atoms with Crippen LogP contribution >= 0.6 is 23.6 Å². The fourth-order valence-corrected chi connectivity index (χ4v) is 8.18. The van der Waals surface area contributed by atoms with Gasteiger partial charge in [0, 0.05) is 12.1 Å². The lowest BCUT2D eigenvalue weighted by atomic mass is 9.49. The van der Waals surface area contributed by atoms with Gasteiger partial charge in [-0.1, -0.05) is 12.1 Å². The number of thiazole rings is 1. The van der Waals surface area contributed by atoms with Crippen LogP contribution in [0.15, 0.2) is 42.5 Å².